The molecule has 4 heteroatoms. The van der Waals surface area contributed by atoms with Gasteiger partial charge in [0.05, 0.1) is 0 Å². The van der Waals surface area contributed by atoms with Crippen LogP contribution in [0.3, 0.4) is 0 Å². The first kappa shape index (κ1) is 11.5. The highest BCUT2D eigenvalue weighted by Gasteiger charge is 2.19. The number of halogens is 2. The number of hydrogen-bond acceptors (Lipinski definition) is 2. The van der Waals surface area contributed by atoms with Crippen LogP contribution in [0.25, 0.3) is 0 Å². The molecular weight excluding hydrogens is 210 g/mol. The lowest BCUT2D eigenvalue weighted by molar-refractivity contribution is 0.312. The summed E-state index contributed by atoms with van der Waals surface area (Å²) >= 11 is 0. The molecule has 0 aliphatic carbocycles. The van der Waals surface area contributed by atoms with Gasteiger partial charge in [0.25, 0.3) is 0 Å². The molecule has 1 aliphatic rings. The largest absolute Gasteiger partial charge is 0.323 e. The molecule has 0 aromatic heterocycles. The lowest BCUT2D eigenvalue weighted by atomic mass is 10.1. The summed E-state index contributed by atoms with van der Waals surface area (Å²) in [6.45, 7) is 2.61. The lowest BCUT2D eigenvalue weighted by Gasteiger charge is -2.20. The lowest BCUT2D eigenvalue weighted by Crippen LogP contribution is -2.30. The second kappa shape index (κ2) is 4.89. The molecule has 0 radical (unpaired) electrons. The van der Waals surface area contributed by atoms with E-state index in [1.165, 1.54) is 18.9 Å². The summed E-state index contributed by atoms with van der Waals surface area (Å²) in [4.78, 5) is 2.19. The molecule has 2 rings (SSSR count). The summed E-state index contributed by atoms with van der Waals surface area (Å²) in [5, 5.41) is 0. The van der Waals surface area contributed by atoms with Crippen molar-refractivity contribution in [1.29, 1.82) is 0 Å². The van der Waals surface area contributed by atoms with Crippen LogP contribution in [0.2, 0.25) is 0 Å². The third-order valence-electron chi connectivity index (χ3n) is 3.03. The van der Waals surface area contributed by atoms with Crippen LogP contribution in [-0.4, -0.2) is 24.5 Å². The first-order valence-electron chi connectivity index (χ1n) is 5.60. The van der Waals surface area contributed by atoms with Crippen LogP contribution >= 0.6 is 0 Å². The van der Waals surface area contributed by atoms with E-state index in [0.29, 0.717) is 6.54 Å². The van der Waals surface area contributed by atoms with Gasteiger partial charge in [-0.1, -0.05) is 12.1 Å². The fourth-order valence-corrected chi connectivity index (χ4v) is 2.15. The molecule has 0 amide bonds. The molecule has 1 aliphatic heterocycles. The second-order valence-electron chi connectivity index (χ2n) is 4.26. The van der Waals surface area contributed by atoms with Crippen LogP contribution in [0, 0.1) is 11.6 Å². The molecule has 1 saturated heterocycles. The summed E-state index contributed by atoms with van der Waals surface area (Å²) in [5.41, 5.74) is 6.17. The first-order valence-corrected chi connectivity index (χ1v) is 5.60. The minimum atomic E-state index is -0.825. The van der Waals surface area contributed by atoms with E-state index in [1.54, 1.807) is 6.07 Å². The van der Waals surface area contributed by atoms with E-state index < -0.39 is 17.7 Å². The smallest absolute Gasteiger partial charge is 0.163 e. The maximum absolute atomic E-state index is 13.5. The number of rotatable bonds is 3. The molecule has 0 spiro atoms. The van der Waals surface area contributed by atoms with Gasteiger partial charge >= 0.3 is 0 Å². The predicted molar refractivity (Wildman–Crippen MR) is 59.0 cm³/mol. The molecule has 88 valence electrons. The van der Waals surface area contributed by atoms with Crippen molar-refractivity contribution in [3.05, 3.63) is 35.4 Å². The van der Waals surface area contributed by atoms with E-state index in [4.69, 9.17) is 5.73 Å². The van der Waals surface area contributed by atoms with Gasteiger partial charge in [0.1, 0.15) is 0 Å². The highest BCUT2D eigenvalue weighted by molar-refractivity contribution is 5.22. The fraction of sp³-hybridized carbons (Fsp3) is 0.500. The average Bonchev–Trinajstić information content (AvgIpc) is 2.74. The number of nitrogens with zero attached hydrogens (tertiary/aromatic N) is 1. The second-order valence-corrected chi connectivity index (χ2v) is 4.26. The van der Waals surface area contributed by atoms with Crippen molar-refractivity contribution in [2.75, 3.05) is 19.6 Å². The average molecular weight is 226 g/mol. The van der Waals surface area contributed by atoms with Gasteiger partial charge in [0.15, 0.2) is 11.6 Å². The van der Waals surface area contributed by atoms with Crippen molar-refractivity contribution in [2.45, 2.75) is 18.9 Å². The van der Waals surface area contributed by atoms with Gasteiger partial charge in [0.2, 0.25) is 0 Å². The van der Waals surface area contributed by atoms with Crippen molar-refractivity contribution >= 4 is 0 Å². The maximum Gasteiger partial charge on any atom is 0.163 e. The van der Waals surface area contributed by atoms with Crippen LogP contribution in [0.4, 0.5) is 8.78 Å². The maximum atomic E-state index is 13.5. The summed E-state index contributed by atoms with van der Waals surface area (Å²) < 4.78 is 26.5. The molecule has 16 heavy (non-hydrogen) atoms. The van der Waals surface area contributed by atoms with Gasteiger partial charge in [-0.2, -0.15) is 0 Å². The molecule has 2 nitrogen and oxygen atoms in total. The van der Waals surface area contributed by atoms with Gasteiger partial charge in [-0.05, 0) is 32.0 Å². The number of benzene rings is 1. The topological polar surface area (TPSA) is 29.3 Å². The number of likely N-dealkylation sites (tertiary alicyclic amines) is 1. The van der Waals surface area contributed by atoms with Crippen molar-refractivity contribution in [2.24, 2.45) is 5.73 Å². The highest BCUT2D eigenvalue weighted by Crippen LogP contribution is 2.20. The summed E-state index contributed by atoms with van der Waals surface area (Å²) in [6.07, 6.45) is 2.33. The van der Waals surface area contributed by atoms with Crippen molar-refractivity contribution in [3.63, 3.8) is 0 Å². The van der Waals surface area contributed by atoms with Gasteiger partial charge in [-0.15, -0.1) is 0 Å². The summed E-state index contributed by atoms with van der Waals surface area (Å²) in [6, 6.07) is 3.71. The van der Waals surface area contributed by atoms with Crippen LogP contribution in [0.15, 0.2) is 18.2 Å². The Morgan fingerprint density at radius 3 is 2.62 bits per heavy atom. The number of nitrogens with two attached hydrogens (primary N) is 1. The SMILES string of the molecule is NC(CN1CCCC1)c1cccc(F)c1F. The van der Waals surface area contributed by atoms with E-state index in [0.717, 1.165) is 19.2 Å². The minimum absolute atomic E-state index is 0.270. The Hall–Kier alpha value is -1.00. The van der Waals surface area contributed by atoms with E-state index in [2.05, 4.69) is 4.90 Å². The third-order valence-corrected chi connectivity index (χ3v) is 3.03. The molecule has 1 unspecified atom stereocenters. The van der Waals surface area contributed by atoms with Gasteiger partial charge in [0, 0.05) is 18.2 Å². The summed E-state index contributed by atoms with van der Waals surface area (Å²) in [5.74, 6) is -1.64. The van der Waals surface area contributed by atoms with E-state index in [1.807, 2.05) is 0 Å². The molecule has 1 heterocycles. The van der Waals surface area contributed by atoms with Crippen LogP contribution in [0.1, 0.15) is 24.4 Å². The first-order chi connectivity index (χ1) is 7.68. The zero-order valence-electron chi connectivity index (χ0n) is 9.13. The zero-order chi connectivity index (χ0) is 11.5. The number of hydrogen-bond donors (Lipinski definition) is 1. The Bertz CT molecular complexity index is 362. The normalized spacial score (nSPS) is 18.9. The monoisotopic (exact) mass is 226 g/mol. The van der Waals surface area contributed by atoms with Crippen LogP contribution in [-0.2, 0) is 0 Å². The standard InChI is InChI=1S/C12H16F2N2/c13-10-5-3-4-9(12(10)14)11(15)8-16-6-1-2-7-16/h3-5,11H,1-2,6-8,15H2. The van der Waals surface area contributed by atoms with Gasteiger partial charge in [-0.25, -0.2) is 8.78 Å². The minimum Gasteiger partial charge on any atom is -0.323 e. The Kier molecular flexibility index (Phi) is 3.51. The molecule has 1 atom stereocenters. The van der Waals surface area contributed by atoms with Crippen LogP contribution in [0.5, 0.6) is 0 Å². The van der Waals surface area contributed by atoms with Gasteiger partial charge in [-0.3, -0.25) is 0 Å². The molecule has 1 fully saturated rings. The van der Waals surface area contributed by atoms with E-state index >= 15 is 0 Å². The Balaban J connectivity index is 2.07. The van der Waals surface area contributed by atoms with E-state index in [-0.39, 0.29) is 5.56 Å². The Labute approximate surface area is 94.0 Å². The molecule has 1 aromatic carbocycles. The molecule has 0 saturated carbocycles. The Morgan fingerprint density at radius 1 is 1.25 bits per heavy atom. The molecule has 1 aromatic rings. The fourth-order valence-electron chi connectivity index (χ4n) is 2.15. The Morgan fingerprint density at radius 2 is 1.94 bits per heavy atom. The predicted octanol–water partition coefficient (Wildman–Crippen LogP) is 2.06. The van der Waals surface area contributed by atoms with Crippen molar-refractivity contribution in [3.8, 4) is 0 Å². The van der Waals surface area contributed by atoms with Gasteiger partial charge < -0.3 is 10.6 Å². The molecule has 0 bridgehead atoms. The summed E-state index contributed by atoms with van der Waals surface area (Å²) in [7, 11) is 0. The quantitative estimate of drug-likeness (QED) is 0.854. The molecular formula is C12H16F2N2. The van der Waals surface area contributed by atoms with Crippen molar-refractivity contribution < 1.29 is 8.78 Å². The van der Waals surface area contributed by atoms with E-state index in [9.17, 15) is 8.78 Å². The van der Waals surface area contributed by atoms with Crippen LogP contribution < -0.4 is 5.73 Å². The zero-order valence-corrected chi connectivity index (χ0v) is 9.13. The highest BCUT2D eigenvalue weighted by atomic mass is 19.2. The molecule has 2 N–H and O–H groups in total. The van der Waals surface area contributed by atoms with Crippen molar-refractivity contribution in [1.82, 2.24) is 4.90 Å². The third kappa shape index (κ3) is 2.39.